The molecule has 1 aromatic carbocycles. The lowest BCUT2D eigenvalue weighted by Gasteiger charge is -2.18. The van der Waals surface area contributed by atoms with E-state index in [9.17, 15) is 8.42 Å². The van der Waals surface area contributed by atoms with Gasteiger partial charge in [-0.05, 0) is 43.5 Å². The fraction of sp³-hybridized carbons (Fsp3) is 0.353. The molecule has 7 heteroatoms. The van der Waals surface area contributed by atoms with Crippen molar-refractivity contribution < 1.29 is 8.42 Å². The van der Waals surface area contributed by atoms with Gasteiger partial charge in [0.05, 0.1) is 6.04 Å². The highest BCUT2D eigenvalue weighted by Crippen LogP contribution is 2.26. The van der Waals surface area contributed by atoms with Crippen LogP contribution in [0.5, 0.6) is 0 Å². The molecule has 0 saturated carbocycles. The van der Waals surface area contributed by atoms with Gasteiger partial charge in [0.15, 0.2) is 0 Å². The predicted octanol–water partition coefficient (Wildman–Crippen LogP) is 3.69. The molecule has 5 nitrogen and oxygen atoms in total. The molecule has 1 unspecified atom stereocenters. The first-order valence-corrected chi connectivity index (χ1v) is 9.77. The van der Waals surface area contributed by atoms with E-state index in [1.165, 1.54) is 10.5 Å². The van der Waals surface area contributed by atoms with Crippen LogP contribution in [0.15, 0.2) is 47.5 Å². The van der Waals surface area contributed by atoms with E-state index in [2.05, 4.69) is 10.3 Å². The third-order valence-corrected chi connectivity index (χ3v) is 6.40. The van der Waals surface area contributed by atoms with E-state index in [0.29, 0.717) is 23.9 Å². The molecule has 2 heterocycles. The van der Waals surface area contributed by atoms with Crippen LogP contribution in [0.4, 0.5) is 5.82 Å². The molecule has 0 amide bonds. The minimum atomic E-state index is -3.42. The Morgan fingerprint density at radius 3 is 2.50 bits per heavy atom. The minimum Gasteiger partial charge on any atom is -0.363 e. The zero-order chi connectivity index (χ0) is 17.2. The molecule has 1 aromatic heterocycles. The molecule has 128 valence electrons. The highest BCUT2D eigenvalue weighted by molar-refractivity contribution is 7.89. The van der Waals surface area contributed by atoms with Crippen molar-refractivity contribution in [2.45, 2.75) is 30.7 Å². The summed E-state index contributed by atoms with van der Waals surface area (Å²) in [6, 6.07) is 10.9. The zero-order valence-corrected chi connectivity index (χ0v) is 15.0. The quantitative estimate of drug-likeness (QED) is 0.877. The third-order valence-electron chi connectivity index (χ3n) is 4.18. The normalized spacial score (nSPS) is 16.9. The Balaban J connectivity index is 1.74. The van der Waals surface area contributed by atoms with Gasteiger partial charge < -0.3 is 5.32 Å². The van der Waals surface area contributed by atoms with Crippen molar-refractivity contribution in [1.29, 1.82) is 0 Å². The van der Waals surface area contributed by atoms with Gasteiger partial charge in [0.25, 0.3) is 0 Å². The summed E-state index contributed by atoms with van der Waals surface area (Å²) in [4.78, 5) is 4.49. The minimum absolute atomic E-state index is 0.0350. The summed E-state index contributed by atoms with van der Waals surface area (Å²) in [5.74, 6) is 0.614. The predicted molar refractivity (Wildman–Crippen MR) is 95.7 cm³/mol. The Morgan fingerprint density at radius 1 is 1.17 bits per heavy atom. The van der Waals surface area contributed by atoms with Gasteiger partial charge in [-0.15, -0.1) is 0 Å². The first kappa shape index (κ1) is 17.2. The summed E-state index contributed by atoms with van der Waals surface area (Å²) < 4.78 is 26.5. The Bertz CT molecular complexity index is 803. The number of nitrogens with one attached hydrogen (secondary N) is 1. The lowest BCUT2D eigenvalue weighted by Crippen LogP contribution is -2.27. The average Bonchev–Trinajstić information content (AvgIpc) is 3.11. The second-order valence-corrected chi connectivity index (χ2v) is 8.22. The fourth-order valence-electron chi connectivity index (χ4n) is 2.82. The van der Waals surface area contributed by atoms with Gasteiger partial charge in [-0.25, -0.2) is 13.4 Å². The lowest BCUT2D eigenvalue weighted by atomic mass is 10.1. The molecular formula is C17H20ClN3O2S. The summed E-state index contributed by atoms with van der Waals surface area (Å²) in [5.41, 5.74) is 0.967. The van der Waals surface area contributed by atoms with Crippen LogP contribution in [0.25, 0.3) is 0 Å². The van der Waals surface area contributed by atoms with Gasteiger partial charge in [0, 0.05) is 24.3 Å². The van der Waals surface area contributed by atoms with E-state index in [1.807, 2.05) is 31.2 Å². The lowest BCUT2D eigenvalue weighted by molar-refractivity contribution is 0.477. The molecule has 0 spiro atoms. The molecule has 0 aliphatic carbocycles. The summed E-state index contributed by atoms with van der Waals surface area (Å²) in [5, 5.41) is 3.93. The number of benzene rings is 1. The Hall–Kier alpha value is -1.63. The maximum absolute atomic E-state index is 12.5. The first-order valence-electron chi connectivity index (χ1n) is 7.95. The number of halogens is 1. The number of nitrogens with zero attached hydrogens (tertiary/aromatic N) is 2. The van der Waals surface area contributed by atoms with Crippen LogP contribution in [0.2, 0.25) is 5.02 Å². The standard InChI is InChI=1S/C17H20ClN3O2S/c1-13(15-6-2-3-7-16(15)18)20-17-9-8-14(12-19-17)24(22,23)21-10-4-5-11-21/h2-3,6-9,12-13H,4-5,10-11H2,1H3,(H,19,20). The Morgan fingerprint density at radius 2 is 1.88 bits per heavy atom. The molecule has 1 N–H and O–H groups in total. The number of hydrogen-bond acceptors (Lipinski definition) is 4. The van der Waals surface area contributed by atoms with Crippen molar-refractivity contribution in [3.8, 4) is 0 Å². The molecule has 2 aromatic rings. The second kappa shape index (κ2) is 7.09. The van der Waals surface area contributed by atoms with Gasteiger partial charge in [-0.1, -0.05) is 29.8 Å². The highest BCUT2D eigenvalue weighted by atomic mass is 35.5. The average molecular weight is 366 g/mol. The van der Waals surface area contributed by atoms with Crippen LogP contribution in [0.3, 0.4) is 0 Å². The number of sulfonamides is 1. The SMILES string of the molecule is CC(Nc1ccc(S(=O)(=O)N2CCCC2)cn1)c1ccccc1Cl. The second-order valence-electron chi connectivity index (χ2n) is 5.88. The smallest absolute Gasteiger partial charge is 0.244 e. The van der Waals surface area contributed by atoms with Gasteiger partial charge in [0.1, 0.15) is 10.7 Å². The molecule has 3 rings (SSSR count). The number of aromatic nitrogens is 1. The van der Waals surface area contributed by atoms with Crippen molar-refractivity contribution >= 4 is 27.4 Å². The van der Waals surface area contributed by atoms with Crippen LogP contribution in [0.1, 0.15) is 31.4 Å². The zero-order valence-electron chi connectivity index (χ0n) is 13.4. The summed E-state index contributed by atoms with van der Waals surface area (Å²) in [6.45, 7) is 3.16. The third kappa shape index (κ3) is 3.55. The maximum Gasteiger partial charge on any atom is 0.244 e. The van der Waals surface area contributed by atoms with E-state index in [0.717, 1.165) is 18.4 Å². The van der Waals surface area contributed by atoms with Gasteiger partial charge in [0.2, 0.25) is 10.0 Å². The number of anilines is 1. The molecule has 1 aliphatic heterocycles. The van der Waals surface area contributed by atoms with Crippen LogP contribution in [-0.2, 0) is 10.0 Å². The van der Waals surface area contributed by atoms with E-state index in [4.69, 9.17) is 11.6 Å². The van der Waals surface area contributed by atoms with Crippen molar-refractivity contribution in [3.05, 3.63) is 53.2 Å². The molecular weight excluding hydrogens is 346 g/mol. The number of rotatable bonds is 5. The van der Waals surface area contributed by atoms with Crippen LogP contribution < -0.4 is 5.32 Å². The van der Waals surface area contributed by atoms with Gasteiger partial charge in [-0.3, -0.25) is 0 Å². The molecule has 1 fully saturated rings. The molecule has 1 saturated heterocycles. The van der Waals surface area contributed by atoms with E-state index >= 15 is 0 Å². The van der Waals surface area contributed by atoms with Crippen molar-refractivity contribution in [1.82, 2.24) is 9.29 Å². The van der Waals surface area contributed by atoms with Gasteiger partial charge in [-0.2, -0.15) is 4.31 Å². The van der Waals surface area contributed by atoms with Crippen molar-refractivity contribution in [2.24, 2.45) is 0 Å². The largest absolute Gasteiger partial charge is 0.363 e. The van der Waals surface area contributed by atoms with E-state index in [-0.39, 0.29) is 10.9 Å². The molecule has 0 bridgehead atoms. The van der Waals surface area contributed by atoms with Crippen LogP contribution in [-0.4, -0.2) is 30.8 Å². The highest BCUT2D eigenvalue weighted by Gasteiger charge is 2.27. The summed E-state index contributed by atoms with van der Waals surface area (Å²) in [7, 11) is -3.42. The maximum atomic E-state index is 12.5. The summed E-state index contributed by atoms with van der Waals surface area (Å²) >= 11 is 6.20. The topological polar surface area (TPSA) is 62.3 Å². The van der Waals surface area contributed by atoms with E-state index in [1.54, 1.807) is 12.1 Å². The monoisotopic (exact) mass is 365 g/mol. The van der Waals surface area contributed by atoms with Crippen molar-refractivity contribution in [2.75, 3.05) is 18.4 Å². The van der Waals surface area contributed by atoms with Gasteiger partial charge >= 0.3 is 0 Å². The van der Waals surface area contributed by atoms with Crippen LogP contribution >= 0.6 is 11.6 Å². The Kier molecular flexibility index (Phi) is 5.08. The van der Waals surface area contributed by atoms with E-state index < -0.39 is 10.0 Å². The summed E-state index contributed by atoms with van der Waals surface area (Å²) in [6.07, 6.45) is 3.25. The first-order chi connectivity index (χ1) is 11.5. The number of hydrogen-bond donors (Lipinski definition) is 1. The van der Waals surface area contributed by atoms with Crippen molar-refractivity contribution in [3.63, 3.8) is 0 Å². The fourth-order valence-corrected chi connectivity index (χ4v) is 4.58. The number of pyridine rings is 1. The molecule has 1 atom stereocenters. The van der Waals surface area contributed by atoms with Crippen LogP contribution in [0, 0.1) is 0 Å². The molecule has 1 aliphatic rings. The molecule has 0 radical (unpaired) electrons. The Labute approximate surface area is 147 Å². The molecule has 24 heavy (non-hydrogen) atoms.